The lowest BCUT2D eigenvalue weighted by Gasteiger charge is -2.21. The van der Waals surface area contributed by atoms with Crippen molar-refractivity contribution < 1.29 is 5.21 Å². The molecule has 0 bridgehead atoms. The van der Waals surface area contributed by atoms with Crippen molar-refractivity contribution >= 4 is 28.3 Å². The van der Waals surface area contributed by atoms with Gasteiger partial charge in [-0.25, -0.2) is 0 Å². The molecular weight excluding hydrogens is 256 g/mol. The molecule has 0 fully saturated rings. The zero-order chi connectivity index (χ0) is 13.5. The van der Waals surface area contributed by atoms with E-state index in [0.29, 0.717) is 10.8 Å². The molecule has 9 heteroatoms. The van der Waals surface area contributed by atoms with E-state index in [1.807, 2.05) is 0 Å². The fourth-order valence-corrected chi connectivity index (χ4v) is 1.87. The van der Waals surface area contributed by atoms with Crippen molar-refractivity contribution in [3.63, 3.8) is 0 Å². The lowest BCUT2D eigenvalue weighted by Crippen LogP contribution is -2.24. The summed E-state index contributed by atoms with van der Waals surface area (Å²) in [6.07, 6.45) is 0. The van der Waals surface area contributed by atoms with Gasteiger partial charge >= 0.3 is 0 Å². The van der Waals surface area contributed by atoms with Crippen LogP contribution in [0.1, 0.15) is 5.56 Å². The van der Waals surface area contributed by atoms with Crippen LogP contribution < -0.4 is 22.6 Å². The minimum Gasteiger partial charge on any atom is -0.733 e. The Morgan fingerprint density at radius 1 is 1.28 bits per heavy atom. The van der Waals surface area contributed by atoms with Gasteiger partial charge in [-0.15, -0.1) is 0 Å². The van der Waals surface area contributed by atoms with Gasteiger partial charge in [0.2, 0.25) is 0 Å². The molecule has 0 aliphatic heterocycles. The monoisotopic (exact) mass is 269 g/mol. The highest BCUT2D eigenvalue weighted by molar-refractivity contribution is 8.15. The molecule has 1 rings (SSSR count). The molecule has 0 unspecified atom stereocenters. The number of hydrogen-bond acceptors (Lipinski definition) is 8. The van der Waals surface area contributed by atoms with E-state index in [9.17, 15) is 5.21 Å². The number of hydrogen-bond donors (Lipinski definition) is 4. The Hall–Kier alpha value is -1.97. The first-order chi connectivity index (χ1) is 8.58. The van der Waals surface area contributed by atoms with Crippen LogP contribution in [0, 0.1) is 5.21 Å². The molecule has 98 valence electrons. The lowest BCUT2D eigenvalue weighted by molar-refractivity contribution is 0.296. The number of amidine groups is 1. The summed E-state index contributed by atoms with van der Waals surface area (Å²) >= 11 is 1.26. The van der Waals surface area contributed by atoms with Gasteiger partial charge in [0.1, 0.15) is 0 Å². The van der Waals surface area contributed by atoms with E-state index in [1.165, 1.54) is 23.9 Å². The third-order valence-electron chi connectivity index (χ3n) is 2.01. The number of hydrazone groups is 2. The molecule has 8 nitrogen and oxygen atoms in total. The number of thioether (sulfide) groups is 1. The predicted octanol–water partition coefficient (Wildman–Crippen LogP) is 0.116. The summed E-state index contributed by atoms with van der Waals surface area (Å²) in [5, 5.41) is 26.1. The van der Waals surface area contributed by atoms with E-state index in [0.717, 1.165) is 5.56 Å². The molecule has 1 aromatic carbocycles. The Morgan fingerprint density at radius 2 is 1.89 bits per heavy atom. The van der Waals surface area contributed by atoms with Crippen LogP contribution in [0.15, 0.2) is 34.5 Å². The Bertz CT molecular complexity index is 445. The van der Waals surface area contributed by atoms with Gasteiger partial charge in [0.25, 0.3) is 0 Å². The number of nitrogens with two attached hydrogens (primary N) is 3. The first-order valence-electron chi connectivity index (χ1n) is 4.78. The second-order valence-corrected chi connectivity index (χ2v) is 4.14. The number of benzene rings is 1. The number of rotatable bonds is 3. The Balaban J connectivity index is 2.64. The SMILES string of the molecule is NN=C(N)C(=NN)SCc1ccc(N([O-])O)cc1. The first kappa shape index (κ1) is 14.1. The Morgan fingerprint density at radius 3 is 2.33 bits per heavy atom. The number of nitrogens with zero attached hydrogens (tertiary/aromatic N) is 3. The van der Waals surface area contributed by atoms with Crippen molar-refractivity contribution in [1.82, 2.24) is 0 Å². The van der Waals surface area contributed by atoms with Crippen molar-refractivity contribution in [1.29, 1.82) is 0 Å². The van der Waals surface area contributed by atoms with E-state index in [2.05, 4.69) is 10.2 Å². The third-order valence-corrected chi connectivity index (χ3v) is 3.07. The van der Waals surface area contributed by atoms with E-state index in [-0.39, 0.29) is 16.7 Å². The van der Waals surface area contributed by atoms with Crippen molar-refractivity contribution in [2.75, 3.05) is 5.23 Å². The molecule has 1 aromatic rings. The normalized spacial score (nSPS) is 12.6. The van der Waals surface area contributed by atoms with Crippen molar-refractivity contribution in [3.8, 4) is 0 Å². The molecule has 0 radical (unpaired) electrons. The van der Waals surface area contributed by atoms with Gasteiger partial charge in [-0.05, 0) is 17.7 Å². The first-order valence-corrected chi connectivity index (χ1v) is 5.76. The van der Waals surface area contributed by atoms with Crippen LogP contribution in [0.5, 0.6) is 0 Å². The molecule has 18 heavy (non-hydrogen) atoms. The van der Waals surface area contributed by atoms with Gasteiger partial charge in [0.15, 0.2) is 10.9 Å². The summed E-state index contributed by atoms with van der Waals surface area (Å²) in [4.78, 5) is 0. The highest BCUT2D eigenvalue weighted by atomic mass is 32.2. The summed E-state index contributed by atoms with van der Waals surface area (Å²) in [5.74, 6) is 10.7. The third kappa shape index (κ3) is 3.80. The predicted molar refractivity (Wildman–Crippen MR) is 72.8 cm³/mol. The largest absolute Gasteiger partial charge is 0.733 e. The molecule has 7 N–H and O–H groups in total. The van der Waals surface area contributed by atoms with Crippen LogP contribution in [-0.2, 0) is 5.75 Å². The molecule has 0 saturated heterocycles. The van der Waals surface area contributed by atoms with Crippen LogP contribution in [0.4, 0.5) is 5.69 Å². The van der Waals surface area contributed by atoms with Crippen LogP contribution in [0.2, 0.25) is 0 Å². The highest BCUT2D eigenvalue weighted by Gasteiger charge is 2.06. The van der Waals surface area contributed by atoms with E-state index >= 15 is 0 Å². The second kappa shape index (κ2) is 6.69. The summed E-state index contributed by atoms with van der Waals surface area (Å²) in [6.45, 7) is 0. The van der Waals surface area contributed by atoms with Gasteiger partial charge < -0.3 is 27.9 Å². The van der Waals surface area contributed by atoms with Crippen LogP contribution in [-0.4, -0.2) is 16.1 Å². The quantitative estimate of drug-likeness (QED) is 0.263. The summed E-state index contributed by atoms with van der Waals surface area (Å²) in [7, 11) is 0. The lowest BCUT2D eigenvalue weighted by atomic mass is 10.2. The fourth-order valence-electron chi connectivity index (χ4n) is 1.10. The zero-order valence-corrected chi connectivity index (χ0v) is 10.2. The van der Waals surface area contributed by atoms with Crippen LogP contribution in [0.25, 0.3) is 0 Å². The summed E-state index contributed by atoms with van der Waals surface area (Å²) < 4.78 is 0. The standard InChI is InChI=1S/C9H13N6O2S/c10-8(13-11)9(14-12)18-5-6-1-3-7(4-2-6)15(16)17/h1-4,16H,5,11-12H2,(H2,10,13)/q-1. The Labute approximate surface area is 108 Å². The summed E-state index contributed by atoms with van der Waals surface area (Å²) in [5.41, 5.74) is 6.52. The van der Waals surface area contributed by atoms with E-state index in [4.69, 9.17) is 22.6 Å². The zero-order valence-electron chi connectivity index (χ0n) is 9.35. The molecule has 0 aliphatic rings. The van der Waals surface area contributed by atoms with Gasteiger partial charge in [-0.3, -0.25) is 5.21 Å². The number of anilines is 1. The average Bonchev–Trinajstić information content (AvgIpc) is 2.39. The van der Waals surface area contributed by atoms with Crippen molar-refractivity contribution in [2.24, 2.45) is 27.6 Å². The molecule has 0 spiro atoms. The fraction of sp³-hybridized carbons (Fsp3) is 0.111. The molecule has 0 saturated carbocycles. The minimum absolute atomic E-state index is 0.0558. The highest BCUT2D eigenvalue weighted by Crippen LogP contribution is 2.17. The minimum atomic E-state index is -0.206. The maximum atomic E-state index is 10.6. The topological polar surface area (TPSA) is 149 Å². The molecule has 0 atom stereocenters. The van der Waals surface area contributed by atoms with E-state index < -0.39 is 0 Å². The van der Waals surface area contributed by atoms with Gasteiger partial charge in [-0.2, -0.15) is 10.2 Å². The van der Waals surface area contributed by atoms with Crippen molar-refractivity contribution in [3.05, 3.63) is 35.0 Å². The van der Waals surface area contributed by atoms with Gasteiger partial charge in [0.05, 0.1) is 5.69 Å². The Kier molecular flexibility index (Phi) is 5.24. The van der Waals surface area contributed by atoms with Crippen LogP contribution in [0.3, 0.4) is 0 Å². The van der Waals surface area contributed by atoms with Crippen LogP contribution >= 0.6 is 11.8 Å². The van der Waals surface area contributed by atoms with E-state index in [1.54, 1.807) is 12.1 Å². The molecular formula is C9H13N6O2S-. The molecule has 0 aliphatic carbocycles. The smallest absolute Gasteiger partial charge is 0.177 e. The van der Waals surface area contributed by atoms with Gasteiger partial charge in [-0.1, -0.05) is 23.9 Å². The maximum absolute atomic E-state index is 10.6. The molecule has 0 heterocycles. The molecule has 0 amide bonds. The van der Waals surface area contributed by atoms with Gasteiger partial charge in [0, 0.05) is 5.75 Å². The second-order valence-electron chi connectivity index (χ2n) is 3.18. The maximum Gasteiger partial charge on any atom is 0.177 e. The van der Waals surface area contributed by atoms with Crippen molar-refractivity contribution in [2.45, 2.75) is 5.75 Å². The molecule has 0 aromatic heterocycles. The average molecular weight is 269 g/mol. The summed E-state index contributed by atoms with van der Waals surface area (Å²) in [6, 6.07) is 6.35.